The van der Waals surface area contributed by atoms with Crippen LogP contribution in [0.5, 0.6) is 5.75 Å². The standard InChI is InChI=1S/C19H20N2O4S/c22-18-8-7-15(26(24,25)20-10-3-4-11-20)13-16(18)19(23)21-12-9-14-5-1-2-6-17(14)21/h1-2,5-8,13,22H,3-4,9-12H2. The van der Waals surface area contributed by atoms with Crippen LogP contribution < -0.4 is 4.90 Å². The minimum absolute atomic E-state index is 0.0157. The first-order valence-corrected chi connectivity index (χ1v) is 10.2. The topological polar surface area (TPSA) is 77.9 Å². The molecule has 0 unspecified atom stereocenters. The largest absolute Gasteiger partial charge is 0.507 e. The Morgan fingerprint density at radius 3 is 2.50 bits per heavy atom. The van der Waals surface area contributed by atoms with Gasteiger partial charge < -0.3 is 10.0 Å². The number of aromatic hydroxyl groups is 1. The van der Waals surface area contributed by atoms with Gasteiger partial charge in [-0.05, 0) is 49.1 Å². The van der Waals surface area contributed by atoms with Crippen molar-refractivity contribution in [3.63, 3.8) is 0 Å². The predicted octanol–water partition coefficient (Wildman–Crippen LogP) is 2.38. The van der Waals surface area contributed by atoms with Crippen LogP contribution in [0.1, 0.15) is 28.8 Å². The van der Waals surface area contributed by atoms with E-state index in [0.29, 0.717) is 19.6 Å². The maximum atomic E-state index is 13.0. The number of hydrogen-bond donors (Lipinski definition) is 1. The van der Waals surface area contributed by atoms with E-state index in [9.17, 15) is 18.3 Å². The second-order valence-electron chi connectivity index (χ2n) is 6.63. The highest BCUT2D eigenvalue weighted by molar-refractivity contribution is 7.89. The number of para-hydroxylation sites is 1. The molecule has 0 aromatic heterocycles. The summed E-state index contributed by atoms with van der Waals surface area (Å²) in [7, 11) is -3.64. The maximum Gasteiger partial charge on any atom is 0.262 e. The fourth-order valence-corrected chi connectivity index (χ4v) is 5.16. The third-order valence-corrected chi connectivity index (χ3v) is 6.93. The minimum atomic E-state index is -3.64. The molecular formula is C19H20N2O4S. The van der Waals surface area contributed by atoms with Gasteiger partial charge in [-0.1, -0.05) is 18.2 Å². The summed E-state index contributed by atoms with van der Waals surface area (Å²) < 4.78 is 26.9. The van der Waals surface area contributed by atoms with Gasteiger partial charge in [0.1, 0.15) is 5.75 Å². The third kappa shape index (κ3) is 2.77. The molecule has 6 nitrogen and oxygen atoms in total. The predicted molar refractivity (Wildman–Crippen MR) is 97.9 cm³/mol. The van der Waals surface area contributed by atoms with Crippen molar-refractivity contribution < 1.29 is 18.3 Å². The molecule has 2 aliphatic rings. The van der Waals surface area contributed by atoms with Gasteiger partial charge in [-0.2, -0.15) is 4.31 Å². The van der Waals surface area contributed by atoms with E-state index in [1.54, 1.807) is 4.90 Å². The second-order valence-corrected chi connectivity index (χ2v) is 8.56. The first kappa shape index (κ1) is 17.1. The number of hydrogen-bond acceptors (Lipinski definition) is 4. The average molecular weight is 372 g/mol. The molecular weight excluding hydrogens is 352 g/mol. The molecule has 0 spiro atoms. The Hall–Kier alpha value is -2.38. The molecule has 2 aromatic carbocycles. The number of carbonyl (C=O) groups excluding carboxylic acids is 1. The minimum Gasteiger partial charge on any atom is -0.507 e. The first-order valence-electron chi connectivity index (χ1n) is 8.71. The molecule has 1 saturated heterocycles. The fourth-order valence-electron chi connectivity index (χ4n) is 3.62. The SMILES string of the molecule is O=C(c1cc(S(=O)(=O)N2CCCC2)ccc1O)N1CCc2ccccc21. The summed E-state index contributed by atoms with van der Waals surface area (Å²) in [6.45, 7) is 1.50. The monoisotopic (exact) mass is 372 g/mol. The molecule has 0 bridgehead atoms. The van der Waals surface area contributed by atoms with Gasteiger partial charge in [0.2, 0.25) is 10.0 Å². The fraction of sp³-hybridized carbons (Fsp3) is 0.316. The van der Waals surface area contributed by atoms with Crippen LogP contribution in [0, 0.1) is 0 Å². The quantitative estimate of drug-likeness (QED) is 0.897. The number of phenols is 1. The van der Waals surface area contributed by atoms with Crippen LogP contribution in [0.4, 0.5) is 5.69 Å². The Morgan fingerprint density at radius 1 is 1.00 bits per heavy atom. The second kappa shape index (κ2) is 6.41. The number of phenolic OH excluding ortho intramolecular Hbond substituents is 1. The van der Waals surface area contributed by atoms with Crippen LogP contribution in [0.3, 0.4) is 0 Å². The van der Waals surface area contributed by atoms with E-state index in [1.807, 2.05) is 24.3 Å². The smallest absolute Gasteiger partial charge is 0.262 e. The van der Waals surface area contributed by atoms with Crippen molar-refractivity contribution in [1.29, 1.82) is 0 Å². The molecule has 0 radical (unpaired) electrons. The zero-order chi connectivity index (χ0) is 18.3. The lowest BCUT2D eigenvalue weighted by atomic mass is 10.1. The number of carbonyl (C=O) groups is 1. The summed E-state index contributed by atoms with van der Waals surface area (Å²) in [6, 6.07) is 11.6. The molecule has 1 fully saturated rings. The summed E-state index contributed by atoms with van der Waals surface area (Å²) in [4.78, 5) is 14.6. The van der Waals surface area contributed by atoms with Crippen molar-refractivity contribution in [3.8, 4) is 5.75 Å². The van der Waals surface area contributed by atoms with Gasteiger partial charge in [0.25, 0.3) is 5.91 Å². The van der Waals surface area contributed by atoms with Crippen LogP contribution >= 0.6 is 0 Å². The van der Waals surface area contributed by atoms with E-state index >= 15 is 0 Å². The number of amides is 1. The average Bonchev–Trinajstić information content (AvgIpc) is 3.31. The lowest BCUT2D eigenvalue weighted by Crippen LogP contribution is -2.30. The van der Waals surface area contributed by atoms with Crippen molar-refractivity contribution in [1.82, 2.24) is 4.31 Å². The van der Waals surface area contributed by atoms with Gasteiger partial charge in [0, 0.05) is 25.3 Å². The normalized spacial score (nSPS) is 17.5. The van der Waals surface area contributed by atoms with Gasteiger partial charge in [-0.15, -0.1) is 0 Å². The number of nitrogens with zero attached hydrogens (tertiary/aromatic N) is 2. The Bertz CT molecular complexity index is 965. The van der Waals surface area contributed by atoms with Crippen LogP contribution in [0.2, 0.25) is 0 Å². The number of benzene rings is 2. The van der Waals surface area contributed by atoms with Crippen molar-refractivity contribution >= 4 is 21.6 Å². The molecule has 2 aliphatic heterocycles. The summed E-state index contributed by atoms with van der Waals surface area (Å²) in [5.41, 5.74) is 1.90. The molecule has 26 heavy (non-hydrogen) atoms. The molecule has 0 aliphatic carbocycles. The van der Waals surface area contributed by atoms with Crippen LogP contribution in [0.15, 0.2) is 47.4 Å². The van der Waals surface area contributed by atoms with Gasteiger partial charge in [0.15, 0.2) is 0 Å². The molecule has 1 amide bonds. The maximum absolute atomic E-state index is 13.0. The van der Waals surface area contributed by atoms with Crippen molar-refractivity contribution in [2.75, 3.05) is 24.5 Å². The lowest BCUT2D eigenvalue weighted by Gasteiger charge is -2.20. The number of fused-ring (bicyclic) bond motifs is 1. The molecule has 0 saturated carbocycles. The van der Waals surface area contributed by atoms with Gasteiger partial charge in [-0.3, -0.25) is 4.79 Å². The molecule has 7 heteroatoms. The van der Waals surface area contributed by atoms with E-state index in [4.69, 9.17) is 0 Å². The van der Waals surface area contributed by atoms with E-state index < -0.39 is 10.0 Å². The van der Waals surface area contributed by atoms with Crippen molar-refractivity contribution in [2.45, 2.75) is 24.2 Å². The number of sulfonamides is 1. The van der Waals surface area contributed by atoms with E-state index in [-0.39, 0.29) is 22.1 Å². The van der Waals surface area contributed by atoms with Crippen LogP contribution in [-0.2, 0) is 16.4 Å². The molecule has 4 rings (SSSR count). The molecule has 1 N–H and O–H groups in total. The van der Waals surface area contributed by atoms with Gasteiger partial charge >= 0.3 is 0 Å². The Morgan fingerprint density at radius 2 is 1.73 bits per heavy atom. The van der Waals surface area contributed by atoms with E-state index in [1.165, 1.54) is 22.5 Å². The van der Waals surface area contributed by atoms with E-state index in [2.05, 4.69) is 0 Å². The first-order chi connectivity index (χ1) is 12.5. The van der Waals surface area contributed by atoms with Crippen molar-refractivity contribution in [2.24, 2.45) is 0 Å². The van der Waals surface area contributed by atoms with Crippen LogP contribution in [0.25, 0.3) is 0 Å². The van der Waals surface area contributed by atoms with E-state index in [0.717, 1.165) is 30.5 Å². The molecule has 2 heterocycles. The Balaban J connectivity index is 1.70. The zero-order valence-electron chi connectivity index (χ0n) is 14.3. The number of rotatable bonds is 3. The highest BCUT2D eigenvalue weighted by Crippen LogP contribution is 2.32. The molecule has 2 aromatic rings. The number of anilines is 1. The summed E-state index contributed by atoms with van der Waals surface area (Å²) >= 11 is 0. The summed E-state index contributed by atoms with van der Waals surface area (Å²) in [5.74, 6) is -0.592. The Kier molecular flexibility index (Phi) is 4.20. The highest BCUT2D eigenvalue weighted by Gasteiger charge is 2.31. The molecule has 0 atom stereocenters. The summed E-state index contributed by atoms with van der Waals surface area (Å²) in [5, 5.41) is 10.2. The zero-order valence-corrected chi connectivity index (χ0v) is 15.1. The van der Waals surface area contributed by atoms with Crippen LogP contribution in [-0.4, -0.2) is 43.4 Å². The molecule has 136 valence electrons. The van der Waals surface area contributed by atoms with Gasteiger partial charge in [-0.25, -0.2) is 8.42 Å². The third-order valence-electron chi connectivity index (χ3n) is 5.03. The van der Waals surface area contributed by atoms with Gasteiger partial charge in [0.05, 0.1) is 10.5 Å². The highest BCUT2D eigenvalue weighted by atomic mass is 32.2. The summed E-state index contributed by atoms with van der Waals surface area (Å²) in [6.07, 6.45) is 2.43. The Labute approximate surface area is 152 Å². The van der Waals surface area contributed by atoms with Crippen molar-refractivity contribution in [3.05, 3.63) is 53.6 Å². The lowest BCUT2D eigenvalue weighted by molar-refractivity contribution is 0.0986.